The predicted octanol–water partition coefficient (Wildman–Crippen LogP) is 2.83. The summed E-state index contributed by atoms with van der Waals surface area (Å²) < 4.78 is 10.7. The number of amides is 1. The maximum absolute atomic E-state index is 12.3. The van der Waals surface area contributed by atoms with Gasteiger partial charge >= 0.3 is 0 Å². The highest BCUT2D eigenvalue weighted by molar-refractivity contribution is 5.81. The van der Waals surface area contributed by atoms with Crippen LogP contribution in [0.1, 0.15) is 38.2 Å². The number of ether oxygens (including phenoxy) is 2. The van der Waals surface area contributed by atoms with Crippen LogP contribution >= 0.6 is 0 Å². The Hall–Kier alpha value is -1.75. The minimum atomic E-state index is 0.325. The monoisotopic (exact) mass is 346 g/mol. The molecule has 2 atom stereocenters. The highest BCUT2D eigenvalue weighted by Gasteiger charge is 2.37. The van der Waals surface area contributed by atoms with E-state index in [0.29, 0.717) is 23.8 Å². The normalized spacial score (nSPS) is 23.4. The average molecular weight is 346 g/mol. The van der Waals surface area contributed by atoms with Gasteiger partial charge in [0.15, 0.2) is 0 Å². The van der Waals surface area contributed by atoms with Gasteiger partial charge in [0.1, 0.15) is 11.5 Å². The molecule has 138 valence electrons. The summed E-state index contributed by atoms with van der Waals surface area (Å²) in [6, 6.07) is 6.43. The lowest BCUT2D eigenvalue weighted by atomic mass is 9.89. The first-order valence-electron chi connectivity index (χ1n) is 9.38. The van der Waals surface area contributed by atoms with E-state index in [0.717, 1.165) is 62.4 Å². The maximum Gasteiger partial charge on any atom is 0.225 e. The zero-order chi connectivity index (χ0) is 17.8. The van der Waals surface area contributed by atoms with Crippen molar-refractivity contribution in [2.75, 3.05) is 27.3 Å². The van der Waals surface area contributed by atoms with E-state index in [4.69, 9.17) is 9.47 Å². The third-order valence-corrected chi connectivity index (χ3v) is 5.48. The Bertz CT molecular complexity index is 578. The summed E-state index contributed by atoms with van der Waals surface area (Å²) in [5, 5.41) is 3.70. The van der Waals surface area contributed by atoms with E-state index in [2.05, 4.69) is 17.1 Å². The zero-order valence-electron chi connectivity index (χ0n) is 15.6. The molecular weight excluding hydrogens is 316 g/mol. The summed E-state index contributed by atoms with van der Waals surface area (Å²) in [5.41, 5.74) is 1.16. The van der Waals surface area contributed by atoms with Gasteiger partial charge in [-0.25, -0.2) is 0 Å². The van der Waals surface area contributed by atoms with Crippen molar-refractivity contribution in [1.29, 1.82) is 0 Å². The lowest BCUT2D eigenvalue weighted by Crippen LogP contribution is -2.51. The minimum absolute atomic E-state index is 0.325. The van der Waals surface area contributed by atoms with Crippen LogP contribution in [0.15, 0.2) is 18.2 Å². The molecule has 2 aliphatic rings. The fourth-order valence-corrected chi connectivity index (χ4v) is 3.72. The van der Waals surface area contributed by atoms with E-state index in [-0.39, 0.29) is 0 Å². The summed E-state index contributed by atoms with van der Waals surface area (Å²) in [6.07, 6.45) is 4.29. The van der Waals surface area contributed by atoms with E-state index in [1.54, 1.807) is 14.2 Å². The molecule has 1 heterocycles. The van der Waals surface area contributed by atoms with E-state index in [9.17, 15) is 4.79 Å². The van der Waals surface area contributed by atoms with Crippen LogP contribution in [0.25, 0.3) is 0 Å². The zero-order valence-corrected chi connectivity index (χ0v) is 15.6. The van der Waals surface area contributed by atoms with Crippen LogP contribution < -0.4 is 14.8 Å². The average Bonchev–Trinajstić information content (AvgIpc) is 3.50. The van der Waals surface area contributed by atoms with Gasteiger partial charge < -0.3 is 19.7 Å². The molecule has 5 nitrogen and oxygen atoms in total. The first-order valence-corrected chi connectivity index (χ1v) is 9.38. The van der Waals surface area contributed by atoms with Crippen molar-refractivity contribution < 1.29 is 14.3 Å². The number of piperidine rings is 1. The van der Waals surface area contributed by atoms with E-state index in [1.165, 1.54) is 0 Å². The summed E-state index contributed by atoms with van der Waals surface area (Å²) in [4.78, 5) is 14.4. The lowest BCUT2D eigenvalue weighted by molar-refractivity contribution is -0.134. The third-order valence-electron chi connectivity index (χ3n) is 5.48. The van der Waals surface area contributed by atoms with Crippen molar-refractivity contribution in [1.82, 2.24) is 10.2 Å². The molecule has 1 amide bonds. The number of carbonyl (C=O) groups excluding carboxylic acids is 1. The smallest absolute Gasteiger partial charge is 0.225 e. The number of benzene rings is 1. The summed E-state index contributed by atoms with van der Waals surface area (Å²) in [5.74, 6) is 2.85. The van der Waals surface area contributed by atoms with E-state index in [1.807, 2.05) is 18.2 Å². The van der Waals surface area contributed by atoms with Crippen LogP contribution in [-0.2, 0) is 11.3 Å². The van der Waals surface area contributed by atoms with Gasteiger partial charge in [-0.2, -0.15) is 0 Å². The van der Waals surface area contributed by atoms with Gasteiger partial charge in [-0.15, -0.1) is 0 Å². The minimum Gasteiger partial charge on any atom is -0.497 e. The quantitative estimate of drug-likeness (QED) is 0.825. The van der Waals surface area contributed by atoms with Gasteiger partial charge in [-0.1, -0.05) is 13.3 Å². The predicted molar refractivity (Wildman–Crippen MR) is 97.9 cm³/mol. The van der Waals surface area contributed by atoms with Crippen LogP contribution in [0.5, 0.6) is 11.5 Å². The largest absolute Gasteiger partial charge is 0.497 e. The molecular formula is C20H30N2O3. The molecule has 1 aliphatic heterocycles. The topological polar surface area (TPSA) is 50.8 Å². The molecule has 25 heavy (non-hydrogen) atoms. The van der Waals surface area contributed by atoms with Gasteiger partial charge in [0.25, 0.3) is 0 Å². The fourth-order valence-electron chi connectivity index (χ4n) is 3.72. The maximum atomic E-state index is 12.3. The SMILES string of the molecule is CC[C@@H]1CN(C(=O)C2CC2)CC[C@@H]1NCc1cc(OC)cc(OC)c1. The number of hydrogen-bond acceptors (Lipinski definition) is 4. The van der Waals surface area contributed by atoms with Crippen LogP contribution in [0.2, 0.25) is 0 Å². The highest BCUT2D eigenvalue weighted by atomic mass is 16.5. The third kappa shape index (κ3) is 4.46. The second-order valence-electron chi connectivity index (χ2n) is 7.22. The van der Waals surface area contributed by atoms with E-state index >= 15 is 0 Å². The molecule has 5 heteroatoms. The number of carbonyl (C=O) groups is 1. The molecule has 1 aromatic carbocycles. The summed E-state index contributed by atoms with van der Waals surface area (Å²) in [7, 11) is 3.34. The van der Waals surface area contributed by atoms with Crippen molar-refractivity contribution in [3.63, 3.8) is 0 Å². The Kier molecular flexibility index (Phi) is 5.84. The summed E-state index contributed by atoms with van der Waals surface area (Å²) >= 11 is 0. The van der Waals surface area contributed by atoms with Crippen molar-refractivity contribution in [3.8, 4) is 11.5 Å². The first kappa shape index (κ1) is 18.1. The Morgan fingerprint density at radius 1 is 1.16 bits per heavy atom. The Morgan fingerprint density at radius 3 is 2.40 bits per heavy atom. The van der Waals surface area contributed by atoms with Crippen molar-refractivity contribution in [3.05, 3.63) is 23.8 Å². The fraction of sp³-hybridized carbons (Fsp3) is 0.650. The lowest BCUT2D eigenvalue weighted by Gasteiger charge is -2.39. The standard InChI is InChI=1S/C20H30N2O3/c1-4-15-13-22(20(23)16-5-6-16)8-7-19(15)21-12-14-9-17(24-2)11-18(10-14)25-3/h9-11,15-16,19,21H,4-8,12-13H2,1-3H3/t15-,19+/m1/s1. The second-order valence-corrected chi connectivity index (χ2v) is 7.22. The van der Waals surface area contributed by atoms with Gasteiger partial charge in [0.05, 0.1) is 14.2 Å². The van der Waals surface area contributed by atoms with Gasteiger partial charge in [0.2, 0.25) is 5.91 Å². The van der Waals surface area contributed by atoms with Crippen LogP contribution in [0, 0.1) is 11.8 Å². The van der Waals surface area contributed by atoms with E-state index < -0.39 is 0 Å². The summed E-state index contributed by atoms with van der Waals surface area (Å²) in [6.45, 7) is 4.78. The molecule has 1 saturated carbocycles. The van der Waals surface area contributed by atoms with Gasteiger partial charge in [-0.3, -0.25) is 4.79 Å². The van der Waals surface area contributed by atoms with Crippen LogP contribution in [-0.4, -0.2) is 44.2 Å². The first-order chi connectivity index (χ1) is 12.1. The molecule has 0 spiro atoms. The molecule has 1 saturated heterocycles. The van der Waals surface area contributed by atoms with Crippen LogP contribution in [0.4, 0.5) is 0 Å². The molecule has 3 rings (SSSR count). The molecule has 0 bridgehead atoms. The Labute approximate surface area is 150 Å². The Balaban J connectivity index is 1.58. The molecule has 2 fully saturated rings. The number of likely N-dealkylation sites (tertiary alicyclic amines) is 1. The highest BCUT2D eigenvalue weighted by Crippen LogP contribution is 2.33. The van der Waals surface area contributed by atoms with Crippen molar-refractivity contribution in [2.24, 2.45) is 11.8 Å². The molecule has 0 aromatic heterocycles. The number of methoxy groups -OCH3 is 2. The van der Waals surface area contributed by atoms with Crippen molar-refractivity contribution >= 4 is 5.91 Å². The van der Waals surface area contributed by atoms with Gasteiger partial charge in [-0.05, 0) is 42.9 Å². The number of nitrogens with one attached hydrogen (secondary N) is 1. The van der Waals surface area contributed by atoms with Gasteiger partial charge in [0, 0.05) is 37.7 Å². The molecule has 0 radical (unpaired) electrons. The molecule has 0 unspecified atom stereocenters. The Morgan fingerprint density at radius 2 is 1.84 bits per heavy atom. The molecule has 1 aromatic rings. The number of nitrogens with zero attached hydrogens (tertiary/aromatic N) is 1. The molecule has 1 N–H and O–H groups in total. The van der Waals surface area contributed by atoms with Crippen LogP contribution in [0.3, 0.4) is 0 Å². The van der Waals surface area contributed by atoms with Crippen molar-refractivity contribution in [2.45, 2.75) is 45.2 Å². The molecule has 1 aliphatic carbocycles. The number of rotatable bonds is 7. The second kappa shape index (κ2) is 8.09. The number of hydrogen-bond donors (Lipinski definition) is 1.